The number of sulfonamides is 1. The average Bonchev–Trinajstić information content (AvgIpc) is 2.39. The molecule has 1 aliphatic rings. The van der Waals surface area contributed by atoms with E-state index in [0.29, 0.717) is 35.4 Å². The van der Waals surface area contributed by atoms with Crippen LogP contribution in [-0.4, -0.2) is 48.1 Å². The van der Waals surface area contributed by atoms with E-state index in [9.17, 15) is 8.42 Å². The maximum atomic E-state index is 12.4. The van der Waals surface area contributed by atoms with Gasteiger partial charge in [0.15, 0.2) is 0 Å². The SMILES string of the molecule is Cc1ccc(S(=O)(=O)N2CCN(C(=S)S)CC2)cc1.[H-].[Na+]. The number of rotatable bonds is 2. The molecule has 0 N–H and O–H groups in total. The molecule has 20 heavy (non-hydrogen) atoms. The molecule has 0 aromatic heterocycles. The van der Waals surface area contributed by atoms with Gasteiger partial charge < -0.3 is 6.33 Å². The largest absolute Gasteiger partial charge is 1.00 e. The van der Waals surface area contributed by atoms with Gasteiger partial charge in [0.25, 0.3) is 0 Å². The number of benzene rings is 1. The van der Waals surface area contributed by atoms with Crippen LogP contribution >= 0.6 is 24.8 Å². The zero-order valence-corrected chi connectivity index (χ0v) is 16.1. The first-order valence-electron chi connectivity index (χ1n) is 5.96. The topological polar surface area (TPSA) is 40.6 Å². The standard InChI is InChI=1S/C12H16N2O2S3.Na.H/c1-10-2-4-11(5-3-10)19(15,16)14-8-6-13(7-9-14)12(17)18;;/h2-5H,6-9H2,1H3,(H,17,18);;/q;+1;-1. The zero-order chi connectivity index (χ0) is 14.0. The molecular weight excluding hydrogens is 323 g/mol. The smallest absolute Gasteiger partial charge is 1.00 e. The van der Waals surface area contributed by atoms with Crippen LogP contribution in [0.4, 0.5) is 0 Å². The van der Waals surface area contributed by atoms with E-state index in [4.69, 9.17) is 12.2 Å². The fourth-order valence-corrected chi connectivity index (χ4v) is 3.78. The summed E-state index contributed by atoms with van der Waals surface area (Å²) in [6.07, 6.45) is 0. The number of hydrogen-bond acceptors (Lipinski definition) is 3. The zero-order valence-electron chi connectivity index (χ0n) is 12.6. The number of thiol groups is 1. The van der Waals surface area contributed by atoms with Crippen LogP contribution in [0.3, 0.4) is 0 Å². The minimum atomic E-state index is -3.39. The summed E-state index contributed by atoms with van der Waals surface area (Å²) in [6, 6.07) is 6.93. The van der Waals surface area contributed by atoms with Gasteiger partial charge in [-0.15, -0.1) is 12.6 Å². The van der Waals surface area contributed by atoms with Crippen molar-refractivity contribution < 1.29 is 39.4 Å². The van der Waals surface area contributed by atoms with Crippen molar-refractivity contribution in [3.05, 3.63) is 29.8 Å². The maximum absolute atomic E-state index is 12.4. The van der Waals surface area contributed by atoms with Gasteiger partial charge in [-0.05, 0) is 19.1 Å². The van der Waals surface area contributed by atoms with E-state index < -0.39 is 10.0 Å². The Morgan fingerprint density at radius 1 is 1.20 bits per heavy atom. The van der Waals surface area contributed by atoms with Crippen molar-refractivity contribution in [3.8, 4) is 0 Å². The summed E-state index contributed by atoms with van der Waals surface area (Å²) < 4.78 is 26.9. The molecule has 1 fully saturated rings. The van der Waals surface area contributed by atoms with Gasteiger partial charge in [-0.1, -0.05) is 29.9 Å². The van der Waals surface area contributed by atoms with Crippen LogP contribution in [0.2, 0.25) is 0 Å². The first-order chi connectivity index (χ1) is 8.91. The Bertz CT molecular complexity index is 573. The molecule has 0 spiro atoms. The molecular formula is C12H17N2NaO2S3. The Morgan fingerprint density at radius 2 is 1.70 bits per heavy atom. The summed E-state index contributed by atoms with van der Waals surface area (Å²) in [7, 11) is -3.39. The molecule has 0 saturated carbocycles. The van der Waals surface area contributed by atoms with Crippen molar-refractivity contribution >= 4 is 39.2 Å². The molecule has 4 nitrogen and oxygen atoms in total. The Morgan fingerprint density at radius 3 is 2.15 bits per heavy atom. The van der Waals surface area contributed by atoms with Gasteiger partial charge in [0.05, 0.1) is 4.90 Å². The molecule has 0 bridgehead atoms. The molecule has 1 aromatic rings. The average molecular weight is 340 g/mol. The van der Waals surface area contributed by atoms with Crippen LogP contribution in [0.15, 0.2) is 29.2 Å². The number of thiocarbonyl (C=S) groups is 1. The molecule has 8 heteroatoms. The van der Waals surface area contributed by atoms with E-state index in [0.717, 1.165) is 5.56 Å². The summed E-state index contributed by atoms with van der Waals surface area (Å²) in [6.45, 7) is 4.00. The minimum Gasteiger partial charge on any atom is -1.00 e. The summed E-state index contributed by atoms with van der Waals surface area (Å²) in [5, 5.41) is 0. The van der Waals surface area contributed by atoms with Crippen LogP contribution < -0.4 is 29.6 Å². The van der Waals surface area contributed by atoms with Gasteiger partial charge >= 0.3 is 29.6 Å². The van der Waals surface area contributed by atoms with Crippen molar-refractivity contribution in [1.82, 2.24) is 9.21 Å². The van der Waals surface area contributed by atoms with Crippen molar-refractivity contribution in [2.75, 3.05) is 26.2 Å². The first kappa shape index (κ1) is 18.4. The van der Waals surface area contributed by atoms with Crippen LogP contribution in [0.25, 0.3) is 0 Å². The summed E-state index contributed by atoms with van der Waals surface area (Å²) >= 11 is 9.09. The third kappa shape index (κ3) is 4.19. The molecule has 1 saturated heterocycles. The van der Waals surface area contributed by atoms with Gasteiger partial charge in [-0.2, -0.15) is 4.31 Å². The van der Waals surface area contributed by atoms with Gasteiger partial charge in [0.1, 0.15) is 4.32 Å². The van der Waals surface area contributed by atoms with E-state index in [-0.39, 0.29) is 31.0 Å². The Kier molecular flexibility index (Phi) is 6.98. The molecule has 0 radical (unpaired) electrons. The van der Waals surface area contributed by atoms with Crippen LogP contribution in [-0.2, 0) is 10.0 Å². The minimum absolute atomic E-state index is 0. The van der Waals surface area contributed by atoms with Gasteiger partial charge in [-0.3, -0.25) is 0 Å². The van der Waals surface area contributed by atoms with E-state index in [2.05, 4.69) is 12.6 Å². The van der Waals surface area contributed by atoms with Gasteiger partial charge in [0.2, 0.25) is 10.0 Å². The number of aryl methyl sites for hydroxylation is 1. The molecule has 1 heterocycles. The fraction of sp³-hybridized carbons (Fsp3) is 0.417. The van der Waals surface area contributed by atoms with E-state index in [1.165, 1.54) is 4.31 Å². The third-order valence-corrected chi connectivity index (χ3v) is 5.62. The number of piperazine rings is 1. The van der Waals surface area contributed by atoms with Gasteiger partial charge in [-0.25, -0.2) is 8.42 Å². The van der Waals surface area contributed by atoms with Gasteiger partial charge in [0, 0.05) is 26.2 Å². The molecule has 106 valence electrons. The van der Waals surface area contributed by atoms with Crippen LogP contribution in [0.5, 0.6) is 0 Å². The first-order valence-corrected chi connectivity index (χ1v) is 8.25. The summed E-state index contributed by atoms with van der Waals surface area (Å²) in [5.41, 5.74) is 1.05. The van der Waals surface area contributed by atoms with E-state index in [1.807, 2.05) is 24.0 Å². The molecule has 0 aliphatic carbocycles. The summed E-state index contributed by atoms with van der Waals surface area (Å²) in [5.74, 6) is 0. The van der Waals surface area contributed by atoms with E-state index in [1.54, 1.807) is 12.1 Å². The maximum Gasteiger partial charge on any atom is 1.00 e. The normalized spacial score (nSPS) is 16.6. The predicted octanol–water partition coefficient (Wildman–Crippen LogP) is -1.37. The Labute approximate surface area is 154 Å². The van der Waals surface area contributed by atoms with Crippen molar-refractivity contribution in [2.45, 2.75) is 11.8 Å². The number of hydrogen-bond donors (Lipinski definition) is 1. The second-order valence-electron chi connectivity index (χ2n) is 4.49. The molecule has 1 aromatic carbocycles. The molecule has 0 amide bonds. The second kappa shape index (κ2) is 7.58. The Hall–Kier alpha value is 0.370. The van der Waals surface area contributed by atoms with E-state index >= 15 is 0 Å². The quantitative estimate of drug-likeness (QED) is 0.410. The fourth-order valence-electron chi connectivity index (χ4n) is 1.98. The predicted molar refractivity (Wildman–Crippen MR) is 84.2 cm³/mol. The second-order valence-corrected chi connectivity index (χ2v) is 7.54. The third-order valence-electron chi connectivity index (χ3n) is 3.17. The van der Waals surface area contributed by atoms with Crippen LogP contribution in [0.1, 0.15) is 6.99 Å². The molecule has 1 aliphatic heterocycles. The molecule has 0 unspecified atom stereocenters. The summed E-state index contributed by atoms with van der Waals surface area (Å²) in [4.78, 5) is 2.25. The molecule has 0 atom stereocenters. The Balaban J connectivity index is 0.00000200. The van der Waals surface area contributed by atoms with Crippen molar-refractivity contribution in [2.24, 2.45) is 0 Å². The van der Waals surface area contributed by atoms with Crippen LogP contribution in [0, 0.1) is 6.92 Å². The van der Waals surface area contributed by atoms with Crippen molar-refractivity contribution in [1.29, 1.82) is 0 Å². The monoisotopic (exact) mass is 340 g/mol. The number of nitrogens with zero attached hydrogens (tertiary/aromatic N) is 2. The molecule has 2 rings (SSSR count). The van der Waals surface area contributed by atoms with Crippen molar-refractivity contribution in [3.63, 3.8) is 0 Å².